The van der Waals surface area contributed by atoms with Crippen molar-refractivity contribution in [3.8, 4) is 6.07 Å². The van der Waals surface area contributed by atoms with Gasteiger partial charge in [-0.1, -0.05) is 28.9 Å². The van der Waals surface area contributed by atoms with Crippen LogP contribution in [0.5, 0.6) is 0 Å². The van der Waals surface area contributed by atoms with E-state index in [0.717, 1.165) is 40.6 Å². The Morgan fingerprint density at radius 2 is 2.14 bits per heavy atom. The molecule has 148 valence electrons. The summed E-state index contributed by atoms with van der Waals surface area (Å²) >= 11 is 3.30. The van der Waals surface area contributed by atoms with Crippen molar-refractivity contribution in [2.45, 2.75) is 25.9 Å². The van der Waals surface area contributed by atoms with Crippen molar-refractivity contribution >= 4 is 32.5 Å². The largest absolute Gasteiger partial charge is 0.369 e. The predicted molar refractivity (Wildman–Crippen MR) is 117 cm³/mol. The van der Waals surface area contributed by atoms with E-state index in [1.807, 2.05) is 36.4 Å². The third-order valence-corrected chi connectivity index (χ3v) is 5.96. The van der Waals surface area contributed by atoms with Crippen LogP contribution >= 0.6 is 15.9 Å². The molecule has 2 aromatic carbocycles. The number of benzene rings is 2. The molecule has 0 radical (unpaired) electrons. The van der Waals surface area contributed by atoms with Gasteiger partial charge >= 0.3 is 0 Å². The molecule has 0 unspecified atom stereocenters. The molecule has 29 heavy (non-hydrogen) atoms. The highest BCUT2D eigenvalue weighted by molar-refractivity contribution is 9.10. The number of hydrogen-bond donors (Lipinski definition) is 1. The standard InChI is InChI=1S/C23H22BrFN4/c1-15-9-19(28-12-17-4-6-18(24)10-21(17)25)14-29(13-15)22-7-5-16(11-26)23-20(22)3-2-8-27-23/h2-8,10,15,19,28H,9,12-14H2,1H3/t15-,19+/m0/s1. The minimum Gasteiger partial charge on any atom is -0.369 e. The number of aromatic nitrogens is 1. The molecule has 2 atom stereocenters. The second-order valence-corrected chi connectivity index (χ2v) is 8.62. The van der Waals surface area contributed by atoms with Gasteiger partial charge in [0, 0.05) is 53.0 Å². The fourth-order valence-corrected chi connectivity index (χ4v) is 4.47. The molecule has 1 fully saturated rings. The zero-order chi connectivity index (χ0) is 20.4. The Morgan fingerprint density at radius 1 is 1.28 bits per heavy atom. The Bertz CT molecular complexity index is 1080. The number of fused-ring (bicyclic) bond motifs is 1. The fourth-order valence-electron chi connectivity index (χ4n) is 4.14. The van der Waals surface area contributed by atoms with Gasteiger partial charge in [0.1, 0.15) is 11.9 Å². The first-order chi connectivity index (χ1) is 14.0. The van der Waals surface area contributed by atoms with Crippen molar-refractivity contribution in [3.05, 3.63) is 70.1 Å². The first-order valence-corrected chi connectivity index (χ1v) is 10.5. The van der Waals surface area contributed by atoms with Crippen LogP contribution in [0.3, 0.4) is 0 Å². The van der Waals surface area contributed by atoms with E-state index in [4.69, 9.17) is 0 Å². The predicted octanol–water partition coefficient (Wildman–Crippen LogP) is 5.01. The van der Waals surface area contributed by atoms with Crippen LogP contribution in [0.1, 0.15) is 24.5 Å². The van der Waals surface area contributed by atoms with E-state index in [1.54, 1.807) is 6.20 Å². The lowest BCUT2D eigenvalue weighted by molar-refractivity contribution is 0.348. The number of hydrogen-bond acceptors (Lipinski definition) is 4. The molecule has 1 aliphatic heterocycles. The number of anilines is 1. The summed E-state index contributed by atoms with van der Waals surface area (Å²) in [4.78, 5) is 6.78. The smallest absolute Gasteiger partial charge is 0.128 e. The molecule has 1 N–H and O–H groups in total. The van der Waals surface area contributed by atoms with Crippen LogP contribution in [0.4, 0.5) is 10.1 Å². The number of pyridine rings is 1. The Hall–Kier alpha value is -2.49. The van der Waals surface area contributed by atoms with Gasteiger partial charge in [-0.25, -0.2) is 4.39 Å². The molecule has 3 aromatic rings. The molecule has 0 saturated carbocycles. The first-order valence-electron chi connectivity index (χ1n) is 9.75. The Balaban J connectivity index is 1.55. The van der Waals surface area contributed by atoms with Gasteiger partial charge in [-0.3, -0.25) is 4.98 Å². The summed E-state index contributed by atoms with van der Waals surface area (Å²) in [5.41, 5.74) is 3.10. The van der Waals surface area contributed by atoms with E-state index in [2.05, 4.69) is 44.1 Å². The number of rotatable bonds is 4. The SMILES string of the molecule is C[C@H]1C[C@@H](NCc2ccc(Br)cc2F)CN(c2ccc(C#N)c3ncccc23)C1. The van der Waals surface area contributed by atoms with Gasteiger partial charge in [0.25, 0.3) is 0 Å². The van der Waals surface area contributed by atoms with Crippen molar-refractivity contribution in [1.29, 1.82) is 5.26 Å². The molecule has 0 bridgehead atoms. The average molecular weight is 453 g/mol. The normalized spacial score (nSPS) is 19.3. The number of nitriles is 1. The molecule has 4 rings (SSSR count). The summed E-state index contributed by atoms with van der Waals surface area (Å²) in [5, 5.41) is 13.9. The maximum absolute atomic E-state index is 14.2. The Labute approximate surface area is 178 Å². The second kappa shape index (κ2) is 8.48. The van der Waals surface area contributed by atoms with Crippen LogP contribution < -0.4 is 10.2 Å². The topological polar surface area (TPSA) is 52.0 Å². The summed E-state index contributed by atoms with van der Waals surface area (Å²) in [5.74, 6) is 0.301. The van der Waals surface area contributed by atoms with Gasteiger partial charge in [0.15, 0.2) is 0 Å². The minimum absolute atomic E-state index is 0.197. The van der Waals surface area contributed by atoms with Gasteiger partial charge in [0.2, 0.25) is 0 Å². The number of piperidine rings is 1. The molecule has 1 aliphatic rings. The lowest BCUT2D eigenvalue weighted by Gasteiger charge is -2.39. The van der Waals surface area contributed by atoms with Crippen LogP contribution in [-0.2, 0) is 6.54 Å². The quantitative estimate of drug-likeness (QED) is 0.604. The zero-order valence-corrected chi connectivity index (χ0v) is 17.8. The average Bonchev–Trinajstić information content (AvgIpc) is 2.72. The molecule has 1 aromatic heterocycles. The van der Waals surface area contributed by atoms with Crippen molar-refractivity contribution in [2.75, 3.05) is 18.0 Å². The number of halogens is 2. The molecule has 4 nitrogen and oxygen atoms in total. The van der Waals surface area contributed by atoms with Crippen molar-refractivity contribution < 1.29 is 4.39 Å². The van der Waals surface area contributed by atoms with Crippen molar-refractivity contribution in [3.63, 3.8) is 0 Å². The van der Waals surface area contributed by atoms with Crippen LogP contribution in [0.25, 0.3) is 10.9 Å². The van der Waals surface area contributed by atoms with Gasteiger partial charge in [-0.15, -0.1) is 0 Å². The third-order valence-electron chi connectivity index (χ3n) is 5.46. The first kappa shape index (κ1) is 19.8. The molecule has 1 saturated heterocycles. The Morgan fingerprint density at radius 3 is 2.93 bits per heavy atom. The van der Waals surface area contributed by atoms with E-state index in [1.165, 1.54) is 6.07 Å². The van der Waals surface area contributed by atoms with E-state index in [-0.39, 0.29) is 11.9 Å². The summed E-state index contributed by atoms with van der Waals surface area (Å²) < 4.78 is 14.9. The maximum atomic E-state index is 14.2. The van der Waals surface area contributed by atoms with Crippen LogP contribution in [0, 0.1) is 23.1 Å². The molecule has 0 amide bonds. The van der Waals surface area contributed by atoms with Crippen LogP contribution in [0.15, 0.2) is 53.1 Å². The number of nitrogens with zero attached hydrogens (tertiary/aromatic N) is 3. The maximum Gasteiger partial charge on any atom is 0.128 e. The van der Waals surface area contributed by atoms with E-state index < -0.39 is 0 Å². The second-order valence-electron chi connectivity index (χ2n) is 7.70. The van der Waals surface area contributed by atoms with E-state index in [9.17, 15) is 9.65 Å². The van der Waals surface area contributed by atoms with Gasteiger partial charge < -0.3 is 10.2 Å². The summed E-state index contributed by atoms with van der Waals surface area (Å²) in [7, 11) is 0. The van der Waals surface area contributed by atoms with Gasteiger partial charge in [-0.2, -0.15) is 5.26 Å². The Kier molecular flexibility index (Phi) is 5.79. The summed E-state index contributed by atoms with van der Waals surface area (Å²) in [6.07, 6.45) is 2.77. The highest BCUT2D eigenvalue weighted by Crippen LogP contribution is 2.31. The lowest BCUT2D eigenvalue weighted by atomic mass is 9.94. The summed E-state index contributed by atoms with van der Waals surface area (Å²) in [6.45, 7) is 4.52. The fraction of sp³-hybridized carbons (Fsp3) is 0.304. The van der Waals surface area contributed by atoms with E-state index in [0.29, 0.717) is 23.6 Å². The molecule has 0 spiro atoms. The monoisotopic (exact) mass is 452 g/mol. The molecule has 6 heteroatoms. The molecule has 0 aliphatic carbocycles. The highest BCUT2D eigenvalue weighted by atomic mass is 79.9. The van der Waals surface area contributed by atoms with Crippen LogP contribution in [0.2, 0.25) is 0 Å². The molecular weight excluding hydrogens is 431 g/mol. The minimum atomic E-state index is -0.197. The number of nitrogens with one attached hydrogen (secondary N) is 1. The van der Waals surface area contributed by atoms with Crippen LogP contribution in [-0.4, -0.2) is 24.1 Å². The third kappa shape index (κ3) is 4.26. The van der Waals surface area contributed by atoms with Gasteiger partial charge in [0.05, 0.1) is 11.1 Å². The molecular formula is C23H22BrFN4. The van der Waals surface area contributed by atoms with E-state index >= 15 is 0 Å². The lowest BCUT2D eigenvalue weighted by Crippen LogP contribution is -2.48. The van der Waals surface area contributed by atoms with Gasteiger partial charge in [-0.05, 0) is 48.7 Å². The summed E-state index contributed by atoms with van der Waals surface area (Å²) in [6, 6.07) is 15.5. The van der Waals surface area contributed by atoms with Crippen molar-refractivity contribution in [1.82, 2.24) is 10.3 Å². The van der Waals surface area contributed by atoms with Crippen molar-refractivity contribution in [2.24, 2.45) is 5.92 Å². The zero-order valence-electron chi connectivity index (χ0n) is 16.2. The highest BCUT2D eigenvalue weighted by Gasteiger charge is 2.26. The molecule has 2 heterocycles.